The van der Waals surface area contributed by atoms with Crippen molar-refractivity contribution in [3.8, 4) is 0 Å². The van der Waals surface area contributed by atoms with Gasteiger partial charge in [-0.1, -0.05) is 61.0 Å². The number of hydrogen-bond donors (Lipinski definition) is 0. The molecule has 106 valence electrons. The lowest BCUT2D eigenvalue weighted by atomic mass is 10.1. The van der Waals surface area contributed by atoms with Crippen LogP contribution in [0.2, 0.25) is 15.1 Å². The fourth-order valence-corrected chi connectivity index (χ4v) is 2.79. The van der Waals surface area contributed by atoms with E-state index in [0.717, 1.165) is 6.42 Å². The molecule has 0 aromatic heterocycles. The molecule has 0 fully saturated rings. The number of unbranched alkanes of at least 4 members (excludes halogenated alkanes) is 3. The van der Waals surface area contributed by atoms with Crippen LogP contribution in [0.15, 0.2) is 18.2 Å². The smallest absolute Gasteiger partial charge is 0.125 e. The maximum absolute atomic E-state index is 6.18. The third kappa shape index (κ3) is 5.25. The molecule has 1 nitrogen and oxygen atoms in total. The quantitative estimate of drug-likeness (QED) is 0.406. The van der Waals surface area contributed by atoms with Gasteiger partial charge < -0.3 is 4.74 Å². The SMILES string of the molecule is CC=C(OCCCCCC)c1c(Cl)cc(Cl)cc1Cl. The second-order valence-corrected chi connectivity index (χ2v) is 5.56. The van der Waals surface area contributed by atoms with Gasteiger partial charge in [0, 0.05) is 5.02 Å². The zero-order chi connectivity index (χ0) is 14.3. The number of benzene rings is 1. The van der Waals surface area contributed by atoms with Gasteiger partial charge in [0.05, 0.1) is 22.2 Å². The Kier molecular flexibility index (Phi) is 7.67. The normalized spacial score (nSPS) is 11.7. The van der Waals surface area contributed by atoms with Crippen molar-refractivity contribution in [2.75, 3.05) is 6.61 Å². The summed E-state index contributed by atoms with van der Waals surface area (Å²) >= 11 is 18.3. The first-order valence-electron chi connectivity index (χ1n) is 6.54. The first-order valence-corrected chi connectivity index (χ1v) is 7.67. The Labute approximate surface area is 130 Å². The van der Waals surface area contributed by atoms with E-state index in [1.807, 2.05) is 13.0 Å². The van der Waals surface area contributed by atoms with Crippen LogP contribution < -0.4 is 0 Å². The van der Waals surface area contributed by atoms with E-state index in [4.69, 9.17) is 39.5 Å². The lowest BCUT2D eigenvalue weighted by Crippen LogP contribution is -1.97. The van der Waals surface area contributed by atoms with E-state index < -0.39 is 0 Å². The highest BCUT2D eigenvalue weighted by Gasteiger charge is 2.13. The highest BCUT2D eigenvalue weighted by atomic mass is 35.5. The highest BCUT2D eigenvalue weighted by Crippen LogP contribution is 2.34. The van der Waals surface area contributed by atoms with Crippen molar-refractivity contribution in [1.82, 2.24) is 0 Å². The van der Waals surface area contributed by atoms with Gasteiger partial charge in [-0.2, -0.15) is 0 Å². The topological polar surface area (TPSA) is 9.23 Å². The van der Waals surface area contributed by atoms with Crippen LogP contribution >= 0.6 is 34.8 Å². The summed E-state index contributed by atoms with van der Waals surface area (Å²) in [6.45, 7) is 4.77. The molecule has 0 aliphatic heterocycles. The van der Waals surface area contributed by atoms with Crippen LogP contribution in [-0.4, -0.2) is 6.61 Å². The Morgan fingerprint density at radius 1 is 1.11 bits per heavy atom. The second kappa shape index (κ2) is 8.73. The van der Waals surface area contributed by atoms with Gasteiger partial charge in [0.2, 0.25) is 0 Å². The molecule has 0 saturated heterocycles. The van der Waals surface area contributed by atoms with E-state index in [9.17, 15) is 0 Å². The monoisotopic (exact) mass is 320 g/mol. The van der Waals surface area contributed by atoms with E-state index in [1.54, 1.807) is 12.1 Å². The van der Waals surface area contributed by atoms with Gasteiger partial charge in [0.25, 0.3) is 0 Å². The number of hydrogen-bond acceptors (Lipinski definition) is 1. The standard InChI is InChI=1S/C15H19Cl3O/c1-3-5-6-7-8-19-14(4-2)15-12(17)9-11(16)10-13(15)18/h4,9-10H,3,5-8H2,1-2H3. The Balaban J connectivity index is 2.71. The molecule has 0 amide bonds. The van der Waals surface area contributed by atoms with Gasteiger partial charge in [-0.15, -0.1) is 0 Å². The van der Waals surface area contributed by atoms with E-state index in [0.29, 0.717) is 33.0 Å². The summed E-state index contributed by atoms with van der Waals surface area (Å²) in [5.41, 5.74) is 0.714. The molecule has 1 rings (SSSR count). The Morgan fingerprint density at radius 3 is 2.26 bits per heavy atom. The molecule has 0 aliphatic carbocycles. The van der Waals surface area contributed by atoms with Crippen LogP contribution in [-0.2, 0) is 4.74 Å². The molecule has 0 atom stereocenters. The van der Waals surface area contributed by atoms with Crippen LogP contribution in [0.3, 0.4) is 0 Å². The second-order valence-electron chi connectivity index (χ2n) is 4.31. The van der Waals surface area contributed by atoms with Crippen molar-refractivity contribution in [3.63, 3.8) is 0 Å². The van der Waals surface area contributed by atoms with Crippen molar-refractivity contribution in [2.45, 2.75) is 39.5 Å². The van der Waals surface area contributed by atoms with Gasteiger partial charge in [-0.3, -0.25) is 0 Å². The van der Waals surface area contributed by atoms with E-state index in [-0.39, 0.29) is 0 Å². The maximum Gasteiger partial charge on any atom is 0.125 e. The number of allylic oxidation sites excluding steroid dienone is 1. The first kappa shape index (κ1) is 16.7. The summed E-state index contributed by atoms with van der Waals surface area (Å²) < 4.78 is 5.77. The molecule has 1 aromatic rings. The van der Waals surface area contributed by atoms with E-state index >= 15 is 0 Å². The summed E-state index contributed by atoms with van der Waals surface area (Å²) in [6, 6.07) is 3.35. The largest absolute Gasteiger partial charge is 0.493 e. The van der Waals surface area contributed by atoms with Gasteiger partial charge in [-0.05, 0) is 31.6 Å². The molecule has 0 saturated carbocycles. The minimum atomic E-state index is 0.513. The minimum Gasteiger partial charge on any atom is -0.493 e. The number of halogens is 3. The zero-order valence-corrected chi connectivity index (χ0v) is 13.6. The lowest BCUT2D eigenvalue weighted by Gasteiger charge is -2.13. The molecule has 4 heteroatoms. The van der Waals surface area contributed by atoms with Crippen LogP contribution in [0.5, 0.6) is 0 Å². The molecule has 0 heterocycles. The molecule has 0 spiro atoms. The van der Waals surface area contributed by atoms with Crippen molar-refractivity contribution < 1.29 is 4.74 Å². The third-order valence-electron chi connectivity index (χ3n) is 2.77. The van der Waals surface area contributed by atoms with Gasteiger partial charge in [-0.25, -0.2) is 0 Å². The zero-order valence-electron chi connectivity index (χ0n) is 11.3. The lowest BCUT2D eigenvalue weighted by molar-refractivity contribution is 0.266. The predicted octanol–water partition coefficient (Wildman–Crippen LogP) is 6.60. The molecular formula is C15H19Cl3O. The van der Waals surface area contributed by atoms with Gasteiger partial charge in [0.15, 0.2) is 0 Å². The summed E-state index contributed by atoms with van der Waals surface area (Å²) in [5.74, 6) is 0.711. The molecule has 0 unspecified atom stereocenters. The molecule has 0 bridgehead atoms. The fourth-order valence-electron chi connectivity index (χ4n) is 1.79. The number of ether oxygens (including phenoxy) is 1. The summed E-state index contributed by atoms with van der Waals surface area (Å²) in [4.78, 5) is 0. The van der Waals surface area contributed by atoms with Crippen molar-refractivity contribution in [1.29, 1.82) is 0 Å². The fraction of sp³-hybridized carbons (Fsp3) is 0.467. The average molecular weight is 322 g/mol. The average Bonchev–Trinajstić information content (AvgIpc) is 2.35. The molecule has 0 aliphatic rings. The van der Waals surface area contributed by atoms with Crippen LogP contribution in [0.4, 0.5) is 0 Å². The van der Waals surface area contributed by atoms with Crippen molar-refractivity contribution in [3.05, 3.63) is 38.8 Å². The van der Waals surface area contributed by atoms with Crippen LogP contribution in [0, 0.1) is 0 Å². The van der Waals surface area contributed by atoms with E-state index in [1.165, 1.54) is 19.3 Å². The third-order valence-corrected chi connectivity index (χ3v) is 3.59. The predicted molar refractivity (Wildman–Crippen MR) is 85.2 cm³/mol. The molecule has 0 radical (unpaired) electrons. The maximum atomic E-state index is 6.18. The minimum absolute atomic E-state index is 0.513. The van der Waals surface area contributed by atoms with Crippen LogP contribution in [0.1, 0.15) is 45.1 Å². The van der Waals surface area contributed by atoms with Crippen molar-refractivity contribution in [2.24, 2.45) is 0 Å². The summed E-state index contributed by atoms with van der Waals surface area (Å²) in [6.07, 6.45) is 6.53. The highest BCUT2D eigenvalue weighted by molar-refractivity contribution is 6.40. The molecule has 1 aromatic carbocycles. The Bertz CT molecular complexity index is 418. The molecule has 0 N–H and O–H groups in total. The van der Waals surface area contributed by atoms with E-state index in [2.05, 4.69) is 6.92 Å². The van der Waals surface area contributed by atoms with Crippen molar-refractivity contribution >= 4 is 40.6 Å². The molecule has 19 heavy (non-hydrogen) atoms. The number of rotatable bonds is 7. The van der Waals surface area contributed by atoms with Gasteiger partial charge in [0.1, 0.15) is 5.76 Å². The first-order chi connectivity index (χ1) is 9.10. The Morgan fingerprint density at radius 2 is 1.74 bits per heavy atom. The molecular weight excluding hydrogens is 303 g/mol. The van der Waals surface area contributed by atoms with Gasteiger partial charge >= 0.3 is 0 Å². The van der Waals surface area contributed by atoms with Crippen LogP contribution in [0.25, 0.3) is 5.76 Å². The summed E-state index contributed by atoms with van der Waals surface area (Å²) in [5, 5.41) is 1.55. The Hall–Kier alpha value is -0.370. The summed E-state index contributed by atoms with van der Waals surface area (Å²) in [7, 11) is 0.